The molecule has 0 aliphatic rings. The maximum absolute atomic E-state index is 11.8. The lowest BCUT2D eigenvalue weighted by molar-refractivity contribution is -0.117. The van der Waals surface area contributed by atoms with Crippen molar-refractivity contribution in [3.63, 3.8) is 0 Å². The van der Waals surface area contributed by atoms with Crippen molar-refractivity contribution in [1.29, 1.82) is 5.26 Å². The number of hydrogen-bond acceptors (Lipinski definition) is 3. The van der Waals surface area contributed by atoms with Crippen LogP contribution in [0.4, 0.5) is 0 Å². The number of unbranched alkanes of at least 4 members (excludes halogenated alkanes) is 1. The third kappa shape index (κ3) is 5.11. The van der Waals surface area contributed by atoms with Crippen LogP contribution in [0, 0.1) is 11.3 Å². The Hall–Kier alpha value is -2.61. The van der Waals surface area contributed by atoms with E-state index in [0.29, 0.717) is 17.7 Å². The zero-order valence-electron chi connectivity index (χ0n) is 12.3. The molecule has 0 unspecified atom stereocenters. The summed E-state index contributed by atoms with van der Waals surface area (Å²) in [6, 6.07) is 8.58. The quantitative estimate of drug-likeness (QED) is 0.475. The predicted molar refractivity (Wildman–Crippen MR) is 81.3 cm³/mol. The average molecular weight is 285 g/mol. The molecule has 110 valence electrons. The molecular formula is C16H19N3O2. The normalized spacial score (nSPS) is 10.6. The summed E-state index contributed by atoms with van der Waals surface area (Å²) < 4.78 is 0. The summed E-state index contributed by atoms with van der Waals surface area (Å²) in [5.74, 6) is -0.551. The molecule has 0 aliphatic heterocycles. The van der Waals surface area contributed by atoms with Gasteiger partial charge in [-0.3, -0.25) is 9.59 Å². The highest BCUT2D eigenvalue weighted by atomic mass is 16.2. The summed E-state index contributed by atoms with van der Waals surface area (Å²) in [4.78, 5) is 23.2. The number of rotatable bonds is 6. The van der Waals surface area contributed by atoms with E-state index in [1.807, 2.05) is 13.0 Å². The summed E-state index contributed by atoms with van der Waals surface area (Å²) in [5, 5.41) is 14.3. The average Bonchev–Trinajstić information content (AvgIpc) is 2.52. The summed E-state index contributed by atoms with van der Waals surface area (Å²) in [7, 11) is 1.56. The number of hydrogen-bond donors (Lipinski definition) is 2. The lowest BCUT2D eigenvalue weighted by atomic mass is 10.1. The molecule has 0 aromatic heterocycles. The van der Waals surface area contributed by atoms with E-state index in [4.69, 9.17) is 5.26 Å². The van der Waals surface area contributed by atoms with Crippen molar-refractivity contribution >= 4 is 17.9 Å². The standard InChI is InChI=1S/C16H19N3O2/c1-3-4-9-19-16(21)14(11-17)10-12-5-7-13(8-6-12)15(20)18-2/h5-8,10H,3-4,9H2,1-2H3,(H,18,20)(H,19,21)/b14-10+. The van der Waals surface area contributed by atoms with E-state index < -0.39 is 0 Å². The van der Waals surface area contributed by atoms with Gasteiger partial charge in [0.05, 0.1) is 0 Å². The van der Waals surface area contributed by atoms with Gasteiger partial charge >= 0.3 is 0 Å². The molecule has 1 aromatic carbocycles. The van der Waals surface area contributed by atoms with Gasteiger partial charge in [-0.1, -0.05) is 25.5 Å². The van der Waals surface area contributed by atoms with Gasteiger partial charge < -0.3 is 10.6 Å². The van der Waals surface area contributed by atoms with E-state index in [2.05, 4.69) is 10.6 Å². The Labute approximate surface area is 124 Å². The minimum absolute atomic E-state index is 0.0544. The van der Waals surface area contributed by atoms with E-state index in [-0.39, 0.29) is 17.4 Å². The Balaban J connectivity index is 2.81. The Morgan fingerprint density at radius 1 is 1.29 bits per heavy atom. The molecule has 0 fully saturated rings. The van der Waals surface area contributed by atoms with Gasteiger partial charge in [-0.05, 0) is 30.2 Å². The molecule has 1 aromatic rings. The Morgan fingerprint density at radius 2 is 1.95 bits per heavy atom. The topological polar surface area (TPSA) is 82.0 Å². The minimum Gasteiger partial charge on any atom is -0.355 e. The predicted octanol–water partition coefficient (Wildman–Crippen LogP) is 1.87. The van der Waals surface area contributed by atoms with Gasteiger partial charge in [-0.15, -0.1) is 0 Å². The van der Waals surface area contributed by atoms with Crippen molar-refractivity contribution in [3.8, 4) is 6.07 Å². The Morgan fingerprint density at radius 3 is 2.48 bits per heavy atom. The molecule has 0 bridgehead atoms. The molecule has 2 N–H and O–H groups in total. The van der Waals surface area contributed by atoms with Crippen molar-refractivity contribution in [2.24, 2.45) is 0 Å². The first-order valence-corrected chi connectivity index (χ1v) is 6.84. The third-order valence-electron chi connectivity index (χ3n) is 2.89. The van der Waals surface area contributed by atoms with Crippen LogP contribution >= 0.6 is 0 Å². The number of carbonyl (C=O) groups is 2. The van der Waals surface area contributed by atoms with Crippen LogP contribution < -0.4 is 10.6 Å². The molecule has 5 heteroatoms. The van der Waals surface area contributed by atoms with Gasteiger partial charge in [0.1, 0.15) is 11.6 Å². The highest BCUT2D eigenvalue weighted by molar-refractivity contribution is 6.01. The maximum Gasteiger partial charge on any atom is 0.261 e. The molecule has 0 saturated carbocycles. The van der Waals surface area contributed by atoms with E-state index in [1.165, 1.54) is 6.08 Å². The fraction of sp³-hybridized carbons (Fsp3) is 0.312. The lowest BCUT2D eigenvalue weighted by Gasteiger charge is -2.03. The number of nitrogens with zero attached hydrogens (tertiary/aromatic N) is 1. The summed E-state index contributed by atoms with van der Waals surface area (Å²) >= 11 is 0. The van der Waals surface area contributed by atoms with Gasteiger partial charge in [0.2, 0.25) is 0 Å². The molecule has 5 nitrogen and oxygen atoms in total. The van der Waals surface area contributed by atoms with E-state index >= 15 is 0 Å². The van der Waals surface area contributed by atoms with E-state index in [9.17, 15) is 9.59 Å². The number of nitrogens with one attached hydrogen (secondary N) is 2. The van der Waals surface area contributed by atoms with Gasteiger partial charge in [-0.2, -0.15) is 5.26 Å². The molecule has 0 spiro atoms. The first-order valence-electron chi connectivity index (χ1n) is 6.84. The van der Waals surface area contributed by atoms with Crippen LogP contribution in [0.1, 0.15) is 35.7 Å². The van der Waals surface area contributed by atoms with E-state index in [1.54, 1.807) is 31.3 Å². The van der Waals surface area contributed by atoms with Crippen molar-refractivity contribution < 1.29 is 9.59 Å². The molecular weight excluding hydrogens is 266 g/mol. The fourth-order valence-electron chi connectivity index (χ4n) is 1.66. The van der Waals surface area contributed by atoms with Gasteiger partial charge in [-0.25, -0.2) is 0 Å². The number of nitriles is 1. The van der Waals surface area contributed by atoms with Crippen LogP contribution in [0.5, 0.6) is 0 Å². The summed E-state index contributed by atoms with van der Waals surface area (Å²) in [5.41, 5.74) is 1.28. The first kappa shape index (κ1) is 16.4. The summed E-state index contributed by atoms with van der Waals surface area (Å²) in [6.07, 6.45) is 3.37. The lowest BCUT2D eigenvalue weighted by Crippen LogP contribution is -2.25. The first-order chi connectivity index (χ1) is 10.1. The molecule has 0 atom stereocenters. The zero-order chi connectivity index (χ0) is 15.7. The van der Waals surface area contributed by atoms with Crippen molar-refractivity contribution in [3.05, 3.63) is 41.0 Å². The maximum atomic E-state index is 11.8. The SMILES string of the molecule is CCCCNC(=O)/C(C#N)=C/c1ccc(C(=O)NC)cc1. The van der Waals surface area contributed by atoms with Crippen LogP contribution in [0.3, 0.4) is 0 Å². The monoisotopic (exact) mass is 285 g/mol. The van der Waals surface area contributed by atoms with Crippen LogP contribution in [0.25, 0.3) is 6.08 Å². The minimum atomic E-state index is -0.374. The molecule has 2 amide bonds. The Kier molecular flexibility index (Phi) is 6.69. The highest BCUT2D eigenvalue weighted by Gasteiger charge is 2.08. The number of amides is 2. The van der Waals surface area contributed by atoms with Crippen LogP contribution in [-0.2, 0) is 4.79 Å². The zero-order valence-corrected chi connectivity index (χ0v) is 12.3. The van der Waals surface area contributed by atoms with Crippen molar-refractivity contribution in [1.82, 2.24) is 10.6 Å². The smallest absolute Gasteiger partial charge is 0.261 e. The van der Waals surface area contributed by atoms with E-state index in [0.717, 1.165) is 12.8 Å². The van der Waals surface area contributed by atoms with Gasteiger partial charge in [0.25, 0.3) is 11.8 Å². The van der Waals surface area contributed by atoms with Crippen molar-refractivity contribution in [2.75, 3.05) is 13.6 Å². The van der Waals surface area contributed by atoms with Crippen LogP contribution in [0.15, 0.2) is 29.8 Å². The number of benzene rings is 1. The van der Waals surface area contributed by atoms with Gasteiger partial charge in [0, 0.05) is 19.2 Å². The van der Waals surface area contributed by atoms with Gasteiger partial charge in [0.15, 0.2) is 0 Å². The highest BCUT2D eigenvalue weighted by Crippen LogP contribution is 2.09. The largest absolute Gasteiger partial charge is 0.355 e. The molecule has 0 saturated heterocycles. The third-order valence-corrected chi connectivity index (χ3v) is 2.89. The molecule has 21 heavy (non-hydrogen) atoms. The van der Waals surface area contributed by atoms with Crippen LogP contribution in [-0.4, -0.2) is 25.4 Å². The second kappa shape index (κ2) is 8.54. The fourth-order valence-corrected chi connectivity index (χ4v) is 1.66. The second-order valence-electron chi connectivity index (χ2n) is 4.48. The second-order valence-corrected chi connectivity index (χ2v) is 4.48. The molecule has 0 aliphatic carbocycles. The summed E-state index contributed by atoms with van der Waals surface area (Å²) in [6.45, 7) is 2.59. The molecule has 0 heterocycles. The molecule has 1 rings (SSSR count). The van der Waals surface area contributed by atoms with Crippen LogP contribution in [0.2, 0.25) is 0 Å². The molecule has 0 radical (unpaired) electrons. The van der Waals surface area contributed by atoms with Crippen molar-refractivity contribution in [2.45, 2.75) is 19.8 Å². The Bertz CT molecular complexity index is 568. The number of carbonyl (C=O) groups excluding carboxylic acids is 2.